The molecule has 0 saturated carbocycles. The summed E-state index contributed by atoms with van der Waals surface area (Å²) in [5.74, 6) is 0.806. The van der Waals surface area contributed by atoms with Gasteiger partial charge in [0, 0.05) is 31.1 Å². The maximum Gasteiger partial charge on any atom is 0.269 e. The standard InChI is InChI=1S/C16H17N5O3S/c1-19-14-9-8-13(24-3)10-15(14)25-16(19)17-18-20(2)11-4-6-12(7-5-11)21(22)23/h4-10,16H,1-3H3. The number of non-ortho nitro benzene ring substituents is 1. The van der Waals surface area contributed by atoms with Crippen molar-refractivity contribution >= 4 is 28.8 Å². The summed E-state index contributed by atoms with van der Waals surface area (Å²) in [6.45, 7) is 0. The average Bonchev–Trinajstić information content (AvgIpc) is 2.94. The minimum Gasteiger partial charge on any atom is -0.497 e. The first-order chi connectivity index (χ1) is 12.0. The van der Waals surface area contributed by atoms with Crippen LogP contribution in [-0.4, -0.2) is 31.6 Å². The zero-order chi connectivity index (χ0) is 18.0. The molecule has 1 atom stereocenters. The van der Waals surface area contributed by atoms with Gasteiger partial charge in [0.25, 0.3) is 5.69 Å². The largest absolute Gasteiger partial charge is 0.497 e. The van der Waals surface area contributed by atoms with Crippen molar-refractivity contribution in [3.05, 3.63) is 52.6 Å². The predicted molar refractivity (Wildman–Crippen MR) is 97.4 cm³/mol. The van der Waals surface area contributed by atoms with Gasteiger partial charge in [-0.3, -0.25) is 15.1 Å². The van der Waals surface area contributed by atoms with Gasteiger partial charge >= 0.3 is 0 Å². The molecule has 0 radical (unpaired) electrons. The van der Waals surface area contributed by atoms with Crippen LogP contribution in [0.15, 0.2) is 57.7 Å². The quantitative estimate of drug-likeness (QED) is 0.457. The van der Waals surface area contributed by atoms with E-state index in [2.05, 4.69) is 10.3 Å². The molecule has 25 heavy (non-hydrogen) atoms. The summed E-state index contributed by atoms with van der Waals surface area (Å²) < 4.78 is 5.25. The summed E-state index contributed by atoms with van der Waals surface area (Å²) in [7, 11) is 5.35. The minimum absolute atomic E-state index is 0.0459. The predicted octanol–water partition coefficient (Wildman–Crippen LogP) is 3.93. The molecular formula is C16H17N5O3S. The lowest BCUT2D eigenvalue weighted by molar-refractivity contribution is -0.384. The van der Waals surface area contributed by atoms with Gasteiger partial charge in [-0.05, 0) is 30.3 Å². The molecule has 0 spiro atoms. The molecule has 1 aliphatic rings. The fraction of sp³-hybridized carbons (Fsp3) is 0.250. The Morgan fingerprint density at radius 2 is 2.00 bits per heavy atom. The van der Waals surface area contributed by atoms with Crippen molar-refractivity contribution in [3.8, 4) is 5.75 Å². The van der Waals surface area contributed by atoms with Crippen LogP contribution in [0.5, 0.6) is 5.75 Å². The normalized spacial score (nSPS) is 16.1. The topological polar surface area (TPSA) is 83.6 Å². The van der Waals surface area contributed by atoms with E-state index in [1.165, 1.54) is 12.1 Å². The van der Waals surface area contributed by atoms with Crippen molar-refractivity contribution in [1.82, 2.24) is 0 Å². The number of thioether (sulfide) groups is 1. The first-order valence-corrected chi connectivity index (χ1v) is 8.34. The Labute approximate surface area is 149 Å². The molecule has 1 aliphatic heterocycles. The molecule has 0 aromatic heterocycles. The molecule has 1 unspecified atom stereocenters. The fourth-order valence-corrected chi connectivity index (χ4v) is 3.49. The Morgan fingerprint density at radius 3 is 2.64 bits per heavy atom. The van der Waals surface area contributed by atoms with Gasteiger partial charge in [-0.2, -0.15) is 0 Å². The van der Waals surface area contributed by atoms with E-state index >= 15 is 0 Å². The van der Waals surface area contributed by atoms with Gasteiger partial charge in [0.1, 0.15) is 5.75 Å². The van der Waals surface area contributed by atoms with E-state index < -0.39 is 4.92 Å². The van der Waals surface area contributed by atoms with Gasteiger partial charge in [0.15, 0.2) is 5.50 Å². The maximum atomic E-state index is 10.7. The number of ether oxygens (including phenoxy) is 1. The first-order valence-electron chi connectivity index (χ1n) is 7.46. The van der Waals surface area contributed by atoms with Crippen LogP contribution in [0.4, 0.5) is 17.1 Å². The van der Waals surface area contributed by atoms with E-state index in [1.54, 1.807) is 43.1 Å². The molecule has 1 heterocycles. The third kappa shape index (κ3) is 3.50. The summed E-state index contributed by atoms with van der Waals surface area (Å²) >= 11 is 1.59. The molecule has 0 bridgehead atoms. The van der Waals surface area contributed by atoms with Crippen LogP contribution in [0.1, 0.15) is 0 Å². The van der Waals surface area contributed by atoms with E-state index in [4.69, 9.17) is 4.74 Å². The number of nitrogens with zero attached hydrogens (tertiary/aromatic N) is 5. The monoisotopic (exact) mass is 359 g/mol. The van der Waals surface area contributed by atoms with Crippen molar-refractivity contribution in [2.45, 2.75) is 10.4 Å². The van der Waals surface area contributed by atoms with Crippen LogP contribution in [0.2, 0.25) is 0 Å². The SMILES string of the molecule is COc1ccc2c(c1)SC(N=NN(C)c1ccc([N+](=O)[O-])cc1)N2C. The third-order valence-electron chi connectivity index (χ3n) is 3.83. The zero-order valence-electron chi connectivity index (χ0n) is 14.0. The second-order valence-electron chi connectivity index (χ2n) is 5.39. The van der Waals surface area contributed by atoms with Crippen LogP contribution in [0.25, 0.3) is 0 Å². The molecule has 0 N–H and O–H groups in total. The van der Waals surface area contributed by atoms with Crippen LogP contribution in [-0.2, 0) is 0 Å². The lowest BCUT2D eigenvalue weighted by Gasteiger charge is -2.18. The molecule has 0 saturated heterocycles. The zero-order valence-corrected chi connectivity index (χ0v) is 14.8. The van der Waals surface area contributed by atoms with Crippen molar-refractivity contribution in [1.29, 1.82) is 0 Å². The van der Waals surface area contributed by atoms with Gasteiger partial charge < -0.3 is 9.64 Å². The number of nitro groups is 1. The van der Waals surface area contributed by atoms with E-state index in [9.17, 15) is 10.1 Å². The summed E-state index contributed by atoms with van der Waals surface area (Å²) in [4.78, 5) is 13.4. The third-order valence-corrected chi connectivity index (χ3v) is 5.03. The lowest BCUT2D eigenvalue weighted by atomic mass is 10.3. The molecule has 130 valence electrons. The van der Waals surface area contributed by atoms with Crippen molar-refractivity contribution < 1.29 is 9.66 Å². The highest BCUT2D eigenvalue weighted by Gasteiger charge is 2.27. The highest BCUT2D eigenvalue weighted by Crippen LogP contribution is 2.44. The van der Waals surface area contributed by atoms with Gasteiger partial charge in [0.05, 0.1) is 23.4 Å². The van der Waals surface area contributed by atoms with Crippen LogP contribution in [0, 0.1) is 10.1 Å². The van der Waals surface area contributed by atoms with Gasteiger partial charge in [-0.25, -0.2) is 0 Å². The van der Waals surface area contributed by atoms with E-state index in [1.807, 2.05) is 30.1 Å². The molecule has 2 aromatic carbocycles. The van der Waals surface area contributed by atoms with E-state index in [-0.39, 0.29) is 11.2 Å². The van der Waals surface area contributed by atoms with Gasteiger partial charge in [-0.1, -0.05) is 17.0 Å². The van der Waals surface area contributed by atoms with Gasteiger partial charge in [-0.15, -0.1) is 5.11 Å². The van der Waals surface area contributed by atoms with Crippen LogP contribution >= 0.6 is 11.8 Å². The number of hydrogen-bond acceptors (Lipinski definition) is 7. The van der Waals surface area contributed by atoms with Crippen molar-refractivity contribution in [2.75, 3.05) is 31.1 Å². The summed E-state index contributed by atoms with van der Waals surface area (Å²) in [6.07, 6.45) is 0. The Morgan fingerprint density at radius 1 is 1.28 bits per heavy atom. The highest BCUT2D eigenvalue weighted by molar-refractivity contribution is 8.00. The summed E-state index contributed by atoms with van der Waals surface area (Å²) in [6, 6.07) is 12.1. The number of anilines is 2. The molecule has 0 amide bonds. The van der Waals surface area contributed by atoms with Gasteiger partial charge in [0.2, 0.25) is 0 Å². The smallest absolute Gasteiger partial charge is 0.269 e. The summed E-state index contributed by atoms with van der Waals surface area (Å²) in [5.41, 5.74) is 1.67. The molecular weight excluding hydrogens is 342 g/mol. The maximum absolute atomic E-state index is 10.7. The van der Waals surface area contributed by atoms with E-state index in [0.29, 0.717) is 0 Å². The minimum atomic E-state index is -0.430. The Kier molecular flexibility index (Phi) is 4.75. The second-order valence-corrected chi connectivity index (χ2v) is 6.49. The lowest BCUT2D eigenvalue weighted by Crippen LogP contribution is -2.22. The number of hydrogen-bond donors (Lipinski definition) is 0. The molecule has 2 aromatic rings. The Bertz CT molecular complexity index is 812. The van der Waals surface area contributed by atoms with Crippen molar-refractivity contribution in [2.24, 2.45) is 10.3 Å². The Balaban J connectivity index is 1.70. The number of fused-ring (bicyclic) bond motifs is 1. The molecule has 3 rings (SSSR count). The fourth-order valence-electron chi connectivity index (χ4n) is 2.38. The first kappa shape index (κ1) is 17.0. The highest BCUT2D eigenvalue weighted by atomic mass is 32.2. The average molecular weight is 359 g/mol. The number of nitro benzene ring substituents is 1. The number of methoxy groups -OCH3 is 1. The second kappa shape index (κ2) is 6.98. The molecule has 0 fully saturated rings. The summed E-state index contributed by atoms with van der Waals surface area (Å²) in [5, 5.41) is 20.9. The molecule has 8 nitrogen and oxygen atoms in total. The number of benzene rings is 2. The van der Waals surface area contributed by atoms with Crippen molar-refractivity contribution in [3.63, 3.8) is 0 Å². The molecule has 0 aliphatic carbocycles. The van der Waals surface area contributed by atoms with E-state index in [0.717, 1.165) is 22.0 Å². The Hall–Kier alpha value is -2.81. The number of rotatable bonds is 5. The van der Waals surface area contributed by atoms with Crippen LogP contribution in [0.3, 0.4) is 0 Å². The van der Waals surface area contributed by atoms with Crippen LogP contribution < -0.4 is 14.6 Å². The molecule has 9 heteroatoms.